The van der Waals surface area contributed by atoms with E-state index in [1.165, 1.54) is 6.42 Å². The standard InChI is InChI=1S/C13H27N3O2S.ClH/c1-13(10-14)8-9-16(11-13)19(17,18)15(2)12-6-4-3-5-7-12;/h12H,3-11,14H2,1-2H3;1H. The lowest BCUT2D eigenvalue weighted by Crippen LogP contribution is -2.47. The molecule has 0 radical (unpaired) electrons. The first-order valence-electron chi connectivity index (χ1n) is 7.32. The van der Waals surface area contributed by atoms with E-state index in [0.717, 1.165) is 32.1 Å². The van der Waals surface area contributed by atoms with Gasteiger partial charge in [-0.25, -0.2) is 0 Å². The predicted molar refractivity (Wildman–Crippen MR) is 84.2 cm³/mol. The van der Waals surface area contributed by atoms with Crippen LogP contribution in [-0.4, -0.2) is 49.8 Å². The van der Waals surface area contributed by atoms with E-state index in [9.17, 15) is 8.42 Å². The van der Waals surface area contributed by atoms with Crippen molar-refractivity contribution in [2.24, 2.45) is 11.1 Å². The third-order valence-electron chi connectivity index (χ3n) is 4.79. The van der Waals surface area contributed by atoms with Crippen LogP contribution in [0.4, 0.5) is 0 Å². The molecule has 0 aromatic carbocycles. The largest absolute Gasteiger partial charge is 0.330 e. The fourth-order valence-corrected chi connectivity index (χ4v) is 4.91. The van der Waals surface area contributed by atoms with Crippen LogP contribution in [0.25, 0.3) is 0 Å². The lowest BCUT2D eigenvalue weighted by atomic mass is 9.90. The average molecular weight is 326 g/mol. The van der Waals surface area contributed by atoms with Crippen LogP contribution < -0.4 is 5.73 Å². The van der Waals surface area contributed by atoms with Gasteiger partial charge in [0, 0.05) is 26.2 Å². The average Bonchev–Trinajstić information content (AvgIpc) is 2.83. The Hall–Kier alpha value is 0.120. The smallest absolute Gasteiger partial charge is 0.281 e. The molecule has 7 heteroatoms. The molecule has 0 spiro atoms. The van der Waals surface area contributed by atoms with Gasteiger partial charge >= 0.3 is 0 Å². The van der Waals surface area contributed by atoms with E-state index < -0.39 is 10.2 Å². The predicted octanol–water partition coefficient (Wildman–Crippen LogP) is 1.59. The first-order chi connectivity index (χ1) is 8.89. The fourth-order valence-electron chi connectivity index (χ4n) is 3.16. The molecular weight excluding hydrogens is 298 g/mol. The van der Waals surface area contributed by atoms with E-state index in [1.807, 2.05) is 0 Å². The molecular formula is C13H28ClN3O2S. The van der Waals surface area contributed by atoms with Gasteiger partial charge < -0.3 is 5.73 Å². The summed E-state index contributed by atoms with van der Waals surface area (Å²) in [5, 5.41) is 0. The van der Waals surface area contributed by atoms with E-state index in [0.29, 0.717) is 19.6 Å². The highest BCUT2D eigenvalue weighted by Gasteiger charge is 2.41. The van der Waals surface area contributed by atoms with Crippen LogP contribution in [0.1, 0.15) is 45.4 Å². The molecule has 1 unspecified atom stereocenters. The van der Waals surface area contributed by atoms with Gasteiger partial charge in [0.05, 0.1) is 0 Å². The van der Waals surface area contributed by atoms with Crippen LogP contribution >= 0.6 is 12.4 Å². The molecule has 20 heavy (non-hydrogen) atoms. The molecule has 1 atom stereocenters. The molecule has 2 N–H and O–H groups in total. The third kappa shape index (κ3) is 3.65. The number of nitrogens with zero attached hydrogens (tertiary/aromatic N) is 2. The van der Waals surface area contributed by atoms with Crippen LogP contribution in [0, 0.1) is 5.41 Å². The SMILES string of the molecule is CN(C1CCCCC1)S(=O)(=O)N1CCC(C)(CN)C1.Cl. The molecule has 5 nitrogen and oxygen atoms in total. The van der Waals surface area contributed by atoms with Crippen LogP contribution in [0.2, 0.25) is 0 Å². The Kier molecular flexibility index (Phi) is 6.29. The van der Waals surface area contributed by atoms with Crippen molar-refractivity contribution in [2.75, 3.05) is 26.7 Å². The number of hydrogen-bond acceptors (Lipinski definition) is 3. The fraction of sp³-hybridized carbons (Fsp3) is 1.00. The zero-order valence-corrected chi connectivity index (χ0v) is 14.2. The Labute approximate surface area is 129 Å². The van der Waals surface area contributed by atoms with Gasteiger partial charge in [0.25, 0.3) is 10.2 Å². The maximum Gasteiger partial charge on any atom is 0.281 e. The zero-order chi connectivity index (χ0) is 14.1. The van der Waals surface area contributed by atoms with E-state index >= 15 is 0 Å². The molecule has 1 saturated carbocycles. The van der Waals surface area contributed by atoms with Crippen molar-refractivity contribution < 1.29 is 8.42 Å². The van der Waals surface area contributed by atoms with Crippen molar-refractivity contribution in [1.82, 2.24) is 8.61 Å². The maximum atomic E-state index is 12.6. The summed E-state index contributed by atoms with van der Waals surface area (Å²) in [4.78, 5) is 0. The van der Waals surface area contributed by atoms with E-state index in [2.05, 4.69) is 6.92 Å². The molecule has 120 valence electrons. The summed E-state index contributed by atoms with van der Waals surface area (Å²) in [5.41, 5.74) is 5.70. The highest BCUT2D eigenvalue weighted by Crippen LogP contribution is 2.32. The molecule has 2 aliphatic rings. The van der Waals surface area contributed by atoms with Gasteiger partial charge in [0.2, 0.25) is 0 Å². The first kappa shape index (κ1) is 18.2. The molecule has 0 bridgehead atoms. The molecule has 0 aromatic heterocycles. The number of rotatable bonds is 4. The van der Waals surface area contributed by atoms with Gasteiger partial charge in [-0.3, -0.25) is 0 Å². The maximum absolute atomic E-state index is 12.6. The van der Waals surface area contributed by atoms with E-state index in [-0.39, 0.29) is 23.9 Å². The normalized spacial score (nSPS) is 29.6. The van der Waals surface area contributed by atoms with Gasteiger partial charge in [0.15, 0.2) is 0 Å². The molecule has 1 saturated heterocycles. The summed E-state index contributed by atoms with van der Waals surface area (Å²) in [6, 6.07) is 0.184. The van der Waals surface area contributed by atoms with Crippen molar-refractivity contribution in [3.8, 4) is 0 Å². The minimum Gasteiger partial charge on any atom is -0.330 e. The Morgan fingerprint density at radius 3 is 2.40 bits per heavy atom. The highest BCUT2D eigenvalue weighted by molar-refractivity contribution is 7.86. The molecule has 2 rings (SSSR count). The van der Waals surface area contributed by atoms with Crippen molar-refractivity contribution in [3.63, 3.8) is 0 Å². The van der Waals surface area contributed by atoms with Crippen LogP contribution in [0.15, 0.2) is 0 Å². The number of hydrogen-bond donors (Lipinski definition) is 1. The molecule has 1 heterocycles. The molecule has 0 aromatic rings. The van der Waals surface area contributed by atoms with Crippen LogP contribution in [-0.2, 0) is 10.2 Å². The Balaban J connectivity index is 0.00000200. The van der Waals surface area contributed by atoms with Gasteiger partial charge in [-0.15, -0.1) is 12.4 Å². The minimum atomic E-state index is -3.31. The Morgan fingerprint density at radius 1 is 1.30 bits per heavy atom. The molecule has 1 aliphatic carbocycles. The van der Waals surface area contributed by atoms with E-state index in [1.54, 1.807) is 15.7 Å². The zero-order valence-electron chi connectivity index (χ0n) is 12.5. The second-order valence-electron chi connectivity index (χ2n) is 6.41. The number of nitrogens with two attached hydrogens (primary N) is 1. The summed E-state index contributed by atoms with van der Waals surface area (Å²) in [6.07, 6.45) is 6.38. The van der Waals surface area contributed by atoms with Gasteiger partial charge in [-0.2, -0.15) is 17.0 Å². The van der Waals surface area contributed by atoms with Crippen molar-refractivity contribution in [1.29, 1.82) is 0 Å². The lowest BCUT2D eigenvalue weighted by Gasteiger charge is -2.33. The second kappa shape index (κ2) is 6.92. The Bertz CT molecular complexity index is 404. The minimum absolute atomic E-state index is 0. The summed E-state index contributed by atoms with van der Waals surface area (Å²) in [7, 11) is -1.57. The summed E-state index contributed by atoms with van der Waals surface area (Å²) < 4.78 is 28.5. The molecule has 0 amide bonds. The van der Waals surface area contributed by atoms with Gasteiger partial charge in [-0.05, 0) is 31.2 Å². The van der Waals surface area contributed by atoms with Gasteiger partial charge in [0.1, 0.15) is 0 Å². The van der Waals surface area contributed by atoms with Crippen molar-refractivity contribution >= 4 is 22.6 Å². The summed E-state index contributed by atoms with van der Waals surface area (Å²) >= 11 is 0. The van der Waals surface area contributed by atoms with E-state index in [4.69, 9.17) is 5.73 Å². The highest BCUT2D eigenvalue weighted by atomic mass is 35.5. The van der Waals surface area contributed by atoms with Gasteiger partial charge in [-0.1, -0.05) is 26.2 Å². The van der Waals surface area contributed by atoms with Crippen LogP contribution in [0.5, 0.6) is 0 Å². The van der Waals surface area contributed by atoms with Crippen molar-refractivity contribution in [2.45, 2.75) is 51.5 Å². The molecule has 2 fully saturated rings. The topological polar surface area (TPSA) is 66.6 Å². The summed E-state index contributed by atoms with van der Waals surface area (Å²) in [6.45, 7) is 3.78. The van der Waals surface area contributed by atoms with Crippen LogP contribution in [0.3, 0.4) is 0 Å². The third-order valence-corrected chi connectivity index (χ3v) is 6.79. The van der Waals surface area contributed by atoms with Crippen molar-refractivity contribution in [3.05, 3.63) is 0 Å². The summed E-state index contributed by atoms with van der Waals surface area (Å²) in [5.74, 6) is 0. The number of halogens is 1. The Morgan fingerprint density at radius 2 is 1.90 bits per heavy atom. The lowest BCUT2D eigenvalue weighted by molar-refractivity contribution is 0.263. The second-order valence-corrected chi connectivity index (χ2v) is 8.40. The first-order valence-corrected chi connectivity index (χ1v) is 8.72. The molecule has 1 aliphatic heterocycles. The monoisotopic (exact) mass is 325 g/mol. The quantitative estimate of drug-likeness (QED) is 0.853.